The van der Waals surface area contributed by atoms with Gasteiger partial charge in [-0.05, 0) is 0 Å². The van der Waals surface area contributed by atoms with Crippen LogP contribution in [0.3, 0.4) is 0 Å². The van der Waals surface area contributed by atoms with Crippen LogP contribution in [0.25, 0.3) is 0 Å². The summed E-state index contributed by atoms with van der Waals surface area (Å²) in [4.78, 5) is 10.7. The van der Waals surface area contributed by atoms with Gasteiger partial charge in [0.15, 0.2) is 0 Å². The molecule has 0 atom stereocenters. The normalized spacial score (nSPS) is 10.3. The summed E-state index contributed by atoms with van der Waals surface area (Å²) in [6.07, 6.45) is 0. The van der Waals surface area contributed by atoms with Crippen molar-refractivity contribution in [2.24, 2.45) is 0 Å². The summed E-state index contributed by atoms with van der Waals surface area (Å²) in [5.74, 6) is 0. The van der Waals surface area contributed by atoms with Crippen LogP contribution in [0.4, 0.5) is 0 Å². The van der Waals surface area contributed by atoms with Crippen LogP contribution in [0.2, 0.25) is 0 Å². The standard InChI is InChI=1S/C13H10NO2/c15-14(16)13(11-7-3-1-4-8-11)12-9-5-2-6-10-12/h1-10H. The maximum absolute atomic E-state index is 11.1. The van der Waals surface area contributed by atoms with Gasteiger partial charge in [0.1, 0.15) is 0 Å². The van der Waals surface area contributed by atoms with Gasteiger partial charge in [-0.3, -0.25) is 10.1 Å². The molecule has 0 N–H and O–H groups in total. The SMILES string of the molecule is O=[N+]([O-])[C](c1ccccc1)c1ccccc1. The largest absolute Gasteiger partial charge is 0.349 e. The monoisotopic (exact) mass is 212 g/mol. The highest BCUT2D eigenvalue weighted by Crippen LogP contribution is 2.23. The van der Waals surface area contributed by atoms with Crippen molar-refractivity contribution in [2.75, 3.05) is 0 Å². The summed E-state index contributed by atoms with van der Waals surface area (Å²) in [5, 5.41) is 11.1. The summed E-state index contributed by atoms with van der Waals surface area (Å²) in [7, 11) is 0. The molecule has 3 nitrogen and oxygen atoms in total. The number of nitro groups is 1. The number of hydrogen-bond acceptors (Lipinski definition) is 2. The molecule has 0 aliphatic carbocycles. The van der Waals surface area contributed by atoms with E-state index < -0.39 is 0 Å². The molecule has 1 radical (unpaired) electrons. The zero-order valence-electron chi connectivity index (χ0n) is 8.54. The average Bonchev–Trinajstić information content (AvgIpc) is 2.31. The lowest BCUT2D eigenvalue weighted by Crippen LogP contribution is -2.12. The summed E-state index contributed by atoms with van der Waals surface area (Å²) in [6.45, 7) is 0. The van der Waals surface area contributed by atoms with Crippen molar-refractivity contribution in [2.45, 2.75) is 0 Å². The van der Waals surface area contributed by atoms with Crippen molar-refractivity contribution in [3.05, 3.63) is 87.9 Å². The minimum Gasteiger partial charge on any atom is -0.263 e. The first-order valence-corrected chi connectivity index (χ1v) is 4.91. The molecule has 3 heteroatoms. The molecular formula is C13H10NO2. The molecule has 2 aromatic rings. The van der Waals surface area contributed by atoms with Gasteiger partial charge in [-0.1, -0.05) is 60.7 Å². The fraction of sp³-hybridized carbons (Fsp3) is 0. The first-order chi connectivity index (χ1) is 7.79. The Kier molecular flexibility index (Phi) is 2.96. The van der Waals surface area contributed by atoms with E-state index in [0.29, 0.717) is 11.1 Å². The minimum atomic E-state index is -0.343. The molecule has 0 amide bonds. The first-order valence-electron chi connectivity index (χ1n) is 4.91. The van der Waals surface area contributed by atoms with Gasteiger partial charge < -0.3 is 0 Å². The minimum absolute atomic E-state index is 0.140. The molecule has 0 aliphatic rings. The smallest absolute Gasteiger partial charge is 0.263 e. The summed E-state index contributed by atoms with van der Waals surface area (Å²) >= 11 is 0. The molecule has 0 saturated carbocycles. The lowest BCUT2D eigenvalue weighted by molar-refractivity contribution is -0.451. The maximum Gasteiger partial charge on any atom is 0.349 e. The molecular weight excluding hydrogens is 202 g/mol. The lowest BCUT2D eigenvalue weighted by atomic mass is 10.00. The molecule has 0 heterocycles. The molecule has 0 spiro atoms. The predicted molar refractivity (Wildman–Crippen MR) is 61.3 cm³/mol. The Morgan fingerprint density at radius 1 is 0.812 bits per heavy atom. The lowest BCUT2D eigenvalue weighted by Gasteiger charge is -2.06. The van der Waals surface area contributed by atoms with Crippen LogP contribution < -0.4 is 0 Å². The summed E-state index contributed by atoms with van der Waals surface area (Å²) in [6, 6.07) is 18.0. The van der Waals surface area contributed by atoms with E-state index in [-0.39, 0.29) is 11.0 Å². The third-order valence-corrected chi connectivity index (χ3v) is 2.28. The van der Waals surface area contributed by atoms with Crippen molar-refractivity contribution in [1.82, 2.24) is 0 Å². The quantitative estimate of drug-likeness (QED) is 0.580. The van der Waals surface area contributed by atoms with Crippen molar-refractivity contribution in [1.29, 1.82) is 0 Å². The average molecular weight is 212 g/mol. The molecule has 0 aliphatic heterocycles. The molecule has 79 valence electrons. The molecule has 0 aromatic heterocycles. The Hall–Kier alpha value is -2.16. The number of benzene rings is 2. The van der Waals surface area contributed by atoms with Gasteiger partial charge >= 0.3 is 6.04 Å². The Morgan fingerprint density at radius 2 is 1.19 bits per heavy atom. The van der Waals surface area contributed by atoms with E-state index in [9.17, 15) is 10.1 Å². The Balaban J connectivity index is 2.44. The second kappa shape index (κ2) is 4.57. The fourth-order valence-electron chi connectivity index (χ4n) is 1.57. The van der Waals surface area contributed by atoms with Gasteiger partial charge in [0.2, 0.25) is 0 Å². The molecule has 0 bridgehead atoms. The Labute approximate surface area is 93.5 Å². The highest BCUT2D eigenvalue weighted by molar-refractivity contribution is 5.40. The van der Waals surface area contributed by atoms with Gasteiger partial charge in [0.05, 0.1) is 0 Å². The Bertz CT molecular complexity index is 428. The van der Waals surface area contributed by atoms with Crippen LogP contribution in [0.15, 0.2) is 60.7 Å². The molecule has 0 saturated heterocycles. The van der Waals surface area contributed by atoms with Crippen LogP contribution in [0.5, 0.6) is 0 Å². The van der Waals surface area contributed by atoms with Crippen LogP contribution in [0, 0.1) is 16.2 Å². The topological polar surface area (TPSA) is 43.1 Å². The van der Waals surface area contributed by atoms with Crippen molar-refractivity contribution in [3.8, 4) is 0 Å². The second-order valence-corrected chi connectivity index (χ2v) is 3.34. The molecule has 0 fully saturated rings. The van der Waals surface area contributed by atoms with Gasteiger partial charge in [0.25, 0.3) is 0 Å². The predicted octanol–water partition coefficient (Wildman–Crippen LogP) is 2.89. The van der Waals surface area contributed by atoms with E-state index in [1.165, 1.54) is 0 Å². The zero-order chi connectivity index (χ0) is 11.4. The van der Waals surface area contributed by atoms with Crippen LogP contribution >= 0.6 is 0 Å². The molecule has 2 aromatic carbocycles. The van der Waals surface area contributed by atoms with Crippen molar-refractivity contribution in [3.63, 3.8) is 0 Å². The van der Waals surface area contributed by atoms with E-state index in [0.717, 1.165) is 0 Å². The van der Waals surface area contributed by atoms with Gasteiger partial charge in [0, 0.05) is 16.1 Å². The van der Waals surface area contributed by atoms with Gasteiger partial charge in [-0.2, -0.15) is 0 Å². The first kappa shape index (κ1) is 10.4. The number of rotatable bonds is 3. The van der Waals surface area contributed by atoms with E-state index in [4.69, 9.17) is 0 Å². The maximum atomic E-state index is 11.1. The highest BCUT2D eigenvalue weighted by Gasteiger charge is 2.27. The van der Waals surface area contributed by atoms with E-state index in [1.54, 1.807) is 48.5 Å². The van der Waals surface area contributed by atoms with E-state index >= 15 is 0 Å². The third-order valence-electron chi connectivity index (χ3n) is 2.28. The van der Waals surface area contributed by atoms with Crippen molar-refractivity contribution >= 4 is 0 Å². The Morgan fingerprint density at radius 3 is 1.50 bits per heavy atom. The van der Waals surface area contributed by atoms with E-state index in [2.05, 4.69) is 0 Å². The number of hydrogen-bond donors (Lipinski definition) is 0. The third kappa shape index (κ3) is 2.08. The summed E-state index contributed by atoms with van der Waals surface area (Å²) in [5.41, 5.74) is 1.25. The second-order valence-electron chi connectivity index (χ2n) is 3.34. The van der Waals surface area contributed by atoms with Crippen molar-refractivity contribution < 1.29 is 4.92 Å². The van der Waals surface area contributed by atoms with Crippen LogP contribution in [0.1, 0.15) is 11.1 Å². The van der Waals surface area contributed by atoms with Crippen LogP contribution in [-0.4, -0.2) is 4.92 Å². The molecule has 2 rings (SSSR count). The van der Waals surface area contributed by atoms with Gasteiger partial charge in [-0.15, -0.1) is 0 Å². The highest BCUT2D eigenvalue weighted by atomic mass is 16.6. The molecule has 0 unspecified atom stereocenters. The van der Waals surface area contributed by atoms with Crippen LogP contribution in [-0.2, 0) is 0 Å². The fourth-order valence-corrected chi connectivity index (χ4v) is 1.57. The summed E-state index contributed by atoms with van der Waals surface area (Å²) < 4.78 is 0. The number of nitrogens with zero attached hydrogens (tertiary/aromatic N) is 1. The van der Waals surface area contributed by atoms with Gasteiger partial charge in [-0.25, -0.2) is 0 Å². The molecule has 16 heavy (non-hydrogen) atoms. The zero-order valence-corrected chi connectivity index (χ0v) is 8.54. The van der Waals surface area contributed by atoms with E-state index in [1.807, 2.05) is 12.1 Å².